The second kappa shape index (κ2) is 10.2. The molecule has 3 aromatic rings. The Morgan fingerprint density at radius 2 is 2.00 bits per heavy atom. The molecular weight excluding hydrogens is 476 g/mol. The van der Waals surface area contributed by atoms with E-state index in [4.69, 9.17) is 18.0 Å². The van der Waals surface area contributed by atoms with Crippen molar-refractivity contribution in [3.8, 4) is 29.2 Å². The second-order valence-electron chi connectivity index (χ2n) is 7.85. The van der Waals surface area contributed by atoms with Gasteiger partial charge in [-0.05, 0) is 24.3 Å². The van der Waals surface area contributed by atoms with E-state index in [-0.39, 0.29) is 33.5 Å². The molecule has 1 fully saturated rings. The largest absolute Gasteiger partial charge is 0.507 e. The van der Waals surface area contributed by atoms with Gasteiger partial charge in [0, 0.05) is 50.1 Å². The molecule has 2 aromatic carbocycles. The van der Waals surface area contributed by atoms with Gasteiger partial charge in [-0.15, -0.1) is 12.3 Å². The van der Waals surface area contributed by atoms with Gasteiger partial charge in [0.25, 0.3) is 0 Å². The van der Waals surface area contributed by atoms with Gasteiger partial charge in [-0.2, -0.15) is 4.98 Å². The average Bonchev–Trinajstić information content (AvgIpc) is 2.85. The summed E-state index contributed by atoms with van der Waals surface area (Å²) in [6.07, 6.45) is 6.98. The number of hydrogen-bond acceptors (Lipinski definition) is 6. The van der Waals surface area contributed by atoms with Crippen molar-refractivity contribution in [3.63, 3.8) is 0 Å². The first-order valence-corrected chi connectivity index (χ1v) is 11.2. The van der Waals surface area contributed by atoms with Crippen molar-refractivity contribution in [2.45, 2.75) is 6.42 Å². The standard InChI is InChI=1S/C25H22ClF2N5O2/c1-3-5-9-29-25-30-23-15(24(31-25)33-12-10-32(11-13-33)19(35)4-2)14-16(26)20(22(23)28)21-17(27)7-6-8-18(21)34/h1,4,6-8,14,34H,2,5,9-13H2,(H,29,30,31). The molecule has 180 valence electrons. The molecule has 2 N–H and O–H groups in total. The van der Waals surface area contributed by atoms with Gasteiger partial charge in [-0.1, -0.05) is 24.2 Å². The summed E-state index contributed by atoms with van der Waals surface area (Å²) in [5.41, 5.74) is -0.740. The fourth-order valence-electron chi connectivity index (χ4n) is 4.00. The lowest BCUT2D eigenvalue weighted by Crippen LogP contribution is -2.48. The summed E-state index contributed by atoms with van der Waals surface area (Å²) in [5, 5.41) is 13.4. The molecular formula is C25H22ClF2N5O2. The Labute approximate surface area is 206 Å². The van der Waals surface area contributed by atoms with Crippen LogP contribution in [0.5, 0.6) is 5.75 Å². The Morgan fingerprint density at radius 1 is 1.26 bits per heavy atom. The highest BCUT2D eigenvalue weighted by atomic mass is 35.5. The molecule has 0 unspecified atom stereocenters. The number of phenolic OH excluding ortho intramolecular Hbond substituents is 1. The Kier molecular flexibility index (Phi) is 7.03. The summed E-state index contributed by atoms with van der Waals surface area (Å²) in [6, 6.07) is 5.13. The third-order valence-electron chi connectivity index (χ3n) is 5.72. The molecule has 0 atom stereocenters. The van der Waals surface area contributed by atoms with Crippen LogP contribution in [0.2, 0.25) is 5.02 Å². The molecule has 0 spiro atoms. The van der Waals surface area contributed by atoms with Crippen LogP contribution in [0, 0.1) is 24.0 Å². The van der Waals surface area contributed by atoms with E-state index in [0.29, 0.717) is 50.3 Å². The highest BCUT2D eigenvalue weighted by Crippen LogP contribution is 2.42. The van der Waals surface area contributed by atoms with Crippen molar-refractivity contribution < 1.29 is 18.7 Å². The van der Waals surface area contributed by atoms with Gasteiger partial charge in [0.1, 0.15) is 22.9 Å². The number of terminal acetylenes is 1. The van der Waals surface area contributed by atoms with E-state index >= 15 is 4.39 Å². The van der Waals surface area contributed by atoms with Crippen LogP contribution >= 0.6 is 11.6 Å². The highest BCUT2D eigenvalue weighted by molar-refractivity contribution is 6.34. The molecule has 2 heterocycles. The molecule has 0 saturated carbocycles. The molecule has 1 amide bonds. The minimum atomic E-state index is -0.892. The third-order valence-corrected chi connectivity index (χ3v) is 6.02. The lowest BCUT2D eigenvalue weighted by molar-refractivity contribution is -0.126. The topological polar surface area (TPSA) is 81.6 Å². The Morgan fingerprint density at radius 3 is 2.66 bits per heavy atom. The van der Waals surface area contributed by atoms with E-state index in [0.717, 1.165) is 6.07 Å². The smallest absolute Gasteiger partial charge is 0.246 e. The predicted octanol–water partition coefficient (Wildman–Crippen LogP) is 4.20. The normalized spacial score (nSPS) is 13.5. The van der Waals surface area contributed by atoms with Gasteiger partial charge in [-0.3, -0.25) is 4.79 Å². The lowest BCUT2D eigenvalue weighted by atomic mass is 10.0. The number of piperazine rings is 1. The maximum atomic E-state index is 15.9. The summed E-state index contributed by atoms with van der Waals surface area (Å²) in [7, 11) is 0. The monoisotopic (exact) mass is 497 g/mol. The quantitative estimate of drug-likeness (QED) is 0.302. The average molecular weight is 498 g/mol. The molecule has 1 aromatic heterocycles. The predicted molar refractivity (Wildman–Crippen MR) is 132 cm³/mol. The molecule has 1 aliphatic heterocycles. The number of rotatable bonds is 6. The van der Waals surface area contributed by atoms with Crippen LogP contribution in [-0.4, -0.2) is 58.6 Å². The van der Waals surface area contributed by atoms with Crippen molar-refractivity contribution >= 4 is 40.2 Å². The number of nitrogens with zero attached hydrogens (tertiary/aromatic N) is 4. The van der Waals surface area contributed by atoms with Crippen LogP contribution in [0.1, 0.15) is 6.42 Å². The second-order valence-corrected chi connectivity index (χ2v) is 8.25. The molecule has 1 saturated heterocycles. The summed E-state index contributed by atoms with van der Waals surface area (Å²) in [6.45, 7) is 5.60. The van der Waals surface area contributed by atoms with Crippen molar-refractivity contribution in [2.24, 2.45) is 0 Å². The zero-order chi connectivity index (χ0) is 25.1. The van der Waals surface area contributed by atoms with E-state index in [1.807, 2.05) is 4.90 Å². The Hall–Kier alpha value is -3.90. The number of aromatic hydroxyl groups is 1. The first-order valence-electron chi connectivity index (χ1n) is 10.9. The van der Waals surface area contributed by atoms with E-state index in [1.54, 1.807) is 4.90 Å². The van der Waals surface area contributed by atoms with Gasteiger partial charge in [-0.25, -0.2) is 13.8 Å². The number of fused-ring (bicyclic) bond motifs is 1. The Bertz CT molecular complexity index is 1330. The zero-order valence-corrected chi connectivity index (χ0v) is 19.4. The van der Waals surface area contributed by atoms with Gasteiger partial charge in [0.05, 0.1) is 10.6 Å². The Balaban J connectivity index is 1.86. The summed E-state index contributed by atoms with van der Waals surface area (Å²) < 4.78 is 30.5. The number of benzene rings is 2. The summed E-state index contributed by atoms with van der Waals surface area (Å²) in [5.74, 6) is 0.714. The maximum absolute atomic E-state index is 15.9. The van der Waals surface area contributed by atoms with Crippen LogP contribution in [-0.2, 0) is 4.79 Å². The third kappa shape index (κ3) is 4.70. The zero-order valence-electron chi connectivity index (χ0n) is 18.7. The van der Waals surface area contributed by atoms with Crippen LogP contribution in [0.15, 0.2) is 36.9 Å². The minimum Gasteiger partial charge on any atom is -0.507 e. The van der Waals surface area contributed by atoms with E-state index in [1.165, 1.54) is 24.3 Å². The number of phenols is 1. The molecule has 35 heavy (non-hydrogen) atoms. The van der Waals surface area contributed by atoms with Crippen molar-refractivity contribution in [2.75, 3.05) is 42.9 Å². The van der Waals surface area contributed by atoms with Gasteiger partial charge >= 0.3 is 0 Å². The summed E-state index contributed by atoms with van der Waals surface area (Å²) >= 11 is 6.43. The van der Waals surface area contributed by atoms with Gasteiger partial charge in [0.2, 0.25) is 11.9 Å². The van der Waals surface area contributed by atoms with E-state index < -0.39 is 17.4 Å². The highest BCUT2D eigenvalue weighted by Gasteiger charge is 2.27. The van der Waals surface area contributed by atoms with Crippen molar-refractivity contribution in [1.29, 1.82) is 0 Å². The number of carbonyl (C=O) groups excluding carboxylic acids is 1. The van der Waals surface area contributed by atoms with Gasteiger partial charge in [0.15, 0.2) is 5.82 Å². The number of anilines is 2. The first-order chi connectivity index (χ1) is 16.8. The lowest BCUT2D eigenvalue weighted by Gasteiger charge is -2.35. The van der Waals surface area contributed by atoms with Crippen LogP contribution in [0.3, 0.4) is 0 Å². The van der Waals surface area contributed by atoms with Crippen LogP contribution in [0.4, 0.5) is 20.5 Å². The van der Waals surface area contributed by atoms with Crippen molar-refractivity contribution in [3.05, 3.63) is 53.6 Å². The van der Waals surface area contributed by atoms with Crippen LogP contribution < -0.4 is 10.2 Å². The minimum absolute atomic E-state index is 0.0927. The molecule has 10 heteroatoms. The SMILES string of the molecule is C#CCCNc1nc(N2CCN(C(=O)C=C)CC2)c2cc(Cl)c(-c3c(O)cccc3F)c(F)c2n1. The number of halogens is 3. The maximum Gasteiger partial charge on any atom is 0.246 e. The molecule has 1 aliphatic rings. The molecule has 7 nitrogen and oxygen atoms in total. The molecule has 0 radical (unpaired) electrons. The molecule has 0 aliphatic carbocycles. The van der Waals surface area contributed by atoms with E-state index in [2.05, 4.69) is 27.8 Å². The van der Waals surface area contributed by atoms with Gasteiger partial charge < -0.3 is 20.2 Å². The first kappa shape index (κ1) is 24.2. The number of amides is 1. The summed E-state index contributed by atoms with van der Waals surface area (Å²) in [4.78, 5) is 24.4. The number of hydrogen-bond donors (Lipinski definition) is 2. The number of nitrogens with one attached hydrogen (secondary N) is 1. The molecule has 4 rings (SSSR count). The fourth-order valence-corrected chi connectivity index (χ4v) is 4.29. The van der Waals surface area contributed by atoms with E-state index in [9.17, 15) is 14.3 Å². The molecule has 0 bridgehead atoms. The van der Waals surface area contributed by atoms with Crippen LogP contribution in [0.25, 0.3) is 22.0 Å². The van der Waals surface area contributed by atoms with Crippen molar-refractivity contribution in [1.82, 2.24) is 14.9 Å². The number of aromatic nitrogens is 2. The fraction of sp³-hybridized carbons (Fsp3) is 0.240. The number of carbonyl (C=O) groups is 1.